The van der Waals surface area contributed by atoms with Crippen LogP contribution in [0.25, 0.3) is 29.9 Å². The SMILES string of the molecule is O=c1c2ccccc2[se]c2cc3c(cc12)Cc1c(cc(-c2nccs2)cc1N(c1ccccc1)c1ccccc1)C3. The van der Waals surface area contributed by atoms with Gasteiger partial charge in [-0.3, -0.25) is 0 Å². The van der Waals surface area contributed by atoms with Gasteiger partial charge in [-0.1, -0.05) is 0 Å². The number of thiazole rings is 1. The molecule has 1 aliphatic rings. The number of para-hydroxylation sites is 2. The van der Waals surface area contributed by atoms with E-state index in [9.17, 15) is 4.79 Å². The summed E-state index contributed by atoms with van der Waals surface area (Å²) in [5.74, 6) is 0. The molecule has 0 saturated heterocycles. The van der Waals surface area contributed by atoms with Gasteiger partial charge in [-0.2, -0.15) is 0 Å². The molecule has 0 amide bonds. The third-order valence-electron chi connectivity index (χ3n) is 7.91. The van der Waals surface area contributed by atoms with Crippen molar-refractivity contribution in [2.45, 2.75) is 12.8 Å². The molecule has 2 heterocycles. The van der Waals surface area contributed by atoms with Crippen LogP contribution in [-0.4, -0.2) is 19.5 Å². The topological polar surface area (TPSA) is 33.2 Å². The van der Waals surface area contributed by atoms with Crippen molar-refractivity contribution in [3.8, 4) is 10.6 Å². The van der Waals surface area contributed by atoms with Gasteiger partial charge in [0.15, 0.2) is 0 Å². The Morgan fingerprint density at radius 1 is 0.683 bits per heavy atom. The van der Waals surface area contributed by atoms with E-state index >= 15 is 0 Å². The Morgan fingerprint density at radius 3 is 2.12 bits per heavy atom. The van der Waals surface area contributed by atoms with Gasteiger partial charge in [-0.15, -0.1) is 0 Å². The first-order valence-corrected chi connectivity index (χ1v) is 16.3. The third kappa shape index (κ3) is 4.25. The molecule has 8 rings (SSSR count). The van der Waals surface area contributed by atoms with Crippen molar-refractivity contribution in [2.24, 2.45) is 0 Å². The molecular formula is C36H24N2OSSe. The molecule has 0 atom stereocenters. The molecule has 0 unspecified atom stereocenters. The molecule has 0 spiro atoms. The number of nitrogens with zero attached hydrogens (tertiary/aromatic N) is 2. The van der Waals surface area contributed by atoms with Crippen LogP contribution in [0.3, 0.4) is 0 Å². The maximum absolute atomic E-state index is 13.6. The summed E-state index contributed by atoms with van der Waals surface area (Å²) >= 11 is 1.80. The Bertz CT molecular complexity index is 2080. The number of benzene rings is 5. The summed E-state index contributed by atoms with van der Waals surface area (Å²) in [6.07, 6.45) is 3.50. The summed E-state index contributed by atoms with van der Waals surface area (Å²) in [5.41, 5.74) is 9.90. The summed E-state index contributed by atoms with van der Waals surface area (Å²) in [5, 5.41) is 4.81. The minimum absolute atomic E-state index is 0.125. The summed E-state index contributed by atoms with van der Waals surface area (Å²) in [6.45, 7) is 0. The van der Waals surface area contributed by atoms with Crippen LogP contribution in [-0.2, 0) is 12.8 Å². The fraction of sp³-hybridized carbons (Fsp3) is 0.0556. The van der Waals surface area contributed by atoms with E-state index < -0.39 is 0 Å². The van der Waals surface area contributed by atoms with E-state index in [1.807, 2.05) is 29.8 Å². The van der Waals surface area contributed by atoms with Crippen molar-refractivity contribution in [2.75, 3.05) is 4.90 Å². The molecule has 0 saturated carbocycles. The van der Waals surface area contributed by atoms with Gasteiger partial charge in [0.05, 0.1) is 0 Å². The van der Waals surface area contributed by atoms with Gasteiger partial charge in [0.1, 0.15) is 0 Å². The molecule has 5 heteroatoms. The average molecular weight is 612 g/mol. The third-order valence-corrected chi connectivity index (χ3v) is 11.1. The second-order valence-corrected chi connectivity index (χ2v) is 13.5. The van der Waals surface area contributed by atoms with Gasteiger partial charge in [0.25, 0.3) is 0 Å². The number of aromatic nitrogens is 1. The molecule has 7 aromatic rings. The molecule has 0 radical (unpaired) electrons. The monoisotopic (exact) mass is 612 g/mol. The molecule has 2 aromatic heterocycles. The van der Waals surface area contributed by atoms with Crippen molar-refractivity contribution >= 4 is 62.2 Å². The number of hydrogen-bond donors (Lipinski definition) is 0. The molecule has 0 bridgehead atoms. The number of fused-ring (bicyclic) bond motifs is 4. The van der Waals surface area contributed by atoms with Crippen LogP contribution in [0.5, 0.6) is 0 Å². The van der Waals surface area contributed by atoms with Gasteiger partial charge in [0, 0.05) is 0 Å². The van der Waals surface area contributed by atoms with E-state index in [0.717, 1.165) is 51.2 Å². The number of rotatable bonds is 4. The van der Waals surface area contributed by atoms with Crippen molar-refractivity contribution in [3.63, 3.8) is 0 Å². The van der Waals surface area contributed by atoms with Gasteiger partial charge in [-0.25, -0.2) is 0 Å². The summed E-state index contributed by atoms with van der Waals surface area (Å²) in [4.78, 5) is 20.6. The normalized spacial score (nSPS) is 12.3. The quantitative estimate of drug-likeness (QED) is 0.148. The second-order valence-electron chi connectivity index (χ2n) is 10.4. The van der Waals surface area contributed by atoms with Crippen molar-refractivity contribution in [1.29, 1.82) is 0 Å². The van der Waals surface area contributed by atoms with Crippen molar-refractivity contribution in [1.82, 2.24) is 4.98 Å². The molecule has 0 N–H and O–H groups in total. The molecule has 1 aliphatic carbocycles. The number of hydrogen-bond acceptors (Lipinski definition) is 4. The fourth-order valence-corrected chi connectivity index (χ4v) is 8.98. The van der Waals surface area contributed by atoms with E-state index in [-0.39, 0.29) is 19.9 Å². The zero-order chi connectivity index (χ0) is 27.3. The van der Waals surface area contributed by atoms with Gasteiger partial charge in [0.2, 0.25) is 0 Å². The Hall–Kier alpha value is -4.28. The molecular weight excluding hydrogens is 587 g/mol. The van der Waals surface area contributed by atoms with Crippen LogP contribution in [0.4, 0.5) is 17.1 Å². The molecule has 41 heavy (non-hydrogen) atoms. The second kappa shape index (κ2) is 9.97. The van der Waals surface area contributed by atoms with Gasteiger partial charge in [-0.05, 0) is 0 Å². The Morgan fingerprint density at radius 2 is 1.39 bits per heavy atom. The van der Waals surface area contributed by atoms with Crippen LogP contribution < -0.4 is 10.3 Å². The minimum atomic E-state index is 0.125. The van der Waals surface area contributed by atoms with E-state index in [4.69, 9.17) is 0 Å². The average Bonchev–Trinajstić information content (AvgIpc) is 3.56. The fourth-order valence-electron chi connectivity index (χ4n) is 6.01. The van der Waals surface area contributed by atoms with E-state index in [1.165, 1.54) is 30.8 Å². The standard InChI is InChI=1S/C36H24N2OSSe/c39-35-29-13-7-8-14-33(29)41-34-22-23-17-25-18-26(36-37-15-16-40-36)21-32(30(25)19-24(23)20-31(34)35)38(27-9-3-1-4-10-27)28-11-5-2-6-12-28/h1-16,18,20-22H,17,19H2. The van der Waals surface area contributed by atoms with E-state index in [1.54, 1.807) is 11.3 Å². The van der Waals surface area contributed by atoms with E-state index in [0.29, 0.717) is 0 Å². The molecule has 3 nitrogen and oxygen atoms in total. The summed E-state index contributed by atoms with van der Waals surface area (Å²) in [6, 6.07) is 38.4. The Labute approximate surface area is 247 Å². The van der Waals surface area contributed by atoms with Crippen molar-refractivity contribution < 1.29 is 0 Å². The van der Waals surface area contributed by atoms with Crippen LogP contribution in [0.2, 0.25) is 0 Å². The Balaban J connectivity index is 1.36. The number of anilines is 3. The predicted molar refractivity (Wildman–Crippen MR) is 173 cm³/mol. The van der Waals surface area contributed by atoms with Crippen LogP contribution in [0, 0.1) is 0 Å². The molecule has 5 aromatic carbocycles. The first-order valence-electron chi connectivity index (χ1n) is 13.7. The predicted octanol–water partition coefficient (Wildman–Crippen LogP) is 8.50. The maximum atomic E-state index is 13.6. The summed E-state index contributed by atoms with van der Waals surface area (Å²) < 4.78 is 2.39. The zero-order valence-electron chi connectivity index (χ0n) is 22.1. The van der Waals surface area contributed by atoms with Crippen LogP contribution in [0.15, 0.2) is 126 Å². The van der Waals surface area contributed by atoms with Crippen LogP contribution >= 0.6 is 11.3 Å². The van der Waals surface area contributed by atoms with Crippen molar-refractivity contribution in [3.05, 3.63) is 153 Å². The Kier molecular flexibility index (Phi) is 5.96. The first kappa shape index (κ1) is 24.5. The summed E-state index contributed by atoms with van der Waals surface area (Å²) in [7, 11) is 0. The molecule has 0 fully saturated rings. The molecule has 196 valence electrons. The zero-order valence-corrected chi connectivity index (χ0v) is 24.6. The van der Waals surface area contributed by atoms with E-state index in [2.05, 4.69) is 101 Å². The van der Waals surface area contributed by atoms with Gasteiger partial charge < -0.3 is 0 Å². The molecule has 0 aliphatic heterocycles. The van der Waals surface area contributed by atoms with Gasteiger partial charge >= 0.3 is 249 Å². The first-order chi connectivity index (χ1) is 20.2. The van der Waals surface area contributed by atoms with Crippen LogP contribution in [0.1, 0.15) is 22.3 Å².